The van der Waals surface area contributed by atoms with Gasteiger partial charge in [-0.3, -0.25) is 29.0 Å². The van der Waals surface area contributed by atoms with E-state index in [4.69, 9.17) is 19.8 Å². The zero-order chi connectivity index (χ0) is 55.3. The Hall–Kier alpha value is -8.56. The maximum absolute atomic E-state index is 13.5. The Morgan fingerprint density at radius 1 is 0.628 bits per heavy atom. The van der Waals surface area contributed by atoms with Gasteiger partial charge < -0.3 is 19.9 Å². The lowest BCUT2D eigenvalue weighted by molar-refractivity contribution is 0.00578. The Labute approximate surface area is 460 Å². The van der Waals surface area contributed by atoms with E-state index in [0.717, 1.165) is 57.8 Å². The number of carbonyl (C=O) groups excluding carboxylic acids is 4. The number of carbonyl (C=O) groups is 4. The molecule has 20 heteroatoms. The topological polar surface area (TPSA) is 225 Å². The van der Waals surface area contributed by atoms with Gasteiger partial charge in [-0.25, -0.2) is 19.0 Å². The molecule has 2 aromatic carbocycles. The lowest BCUT2D eigenvalue weighted by Gasteiger charge is -2.32. The van der Waals surface area contributed by atoms with Crippen molar-refractivity contribution in [1.29, 1.82) is 10.5 Å². The Kier molecular flexibility index (Phi) is 16.0. The SMILES string of the molecule is CCNC(=O)c1ccc(-c2cnn3ccc(C(=O)N(c4ccc(C#N)cn4)C4CC4)cc23)cc1.CCNC(=O)c1ccc(B2OC(C)(C)C(C)(C)O2)cc1.N#Cc1ccc(N(C(=O)c2ccn3ncc(Br)c3c2)C2CC2)nc1. The van der Waals surface area contributed by atoms with Gasteiger partial charge in [0.1, 0.15) is 23.8 Å². The lowest BCUT2D eigenvalue weighted by Crippen LogP contribution is -2.41. The fraction of sp³-hybridized carbons (Fsp3) is 0.276. The number of pyridine rings is 4. The molecule has 2 aliphatic carbocycles. The van der Waals surface area contributed by atoms with Crippen LogP contribution in [-0.2, 0) is 9.31 Å². The largest absolute Gasteiger partial charge is 0.494 e. The smallest absolute Gasteiger partial charge is 0.399 e. The van der Waals surface area contributed by atoms with E-state index in [1.165, 1.54) is 12.4 Å². The van der Waals surface area contributed by atoms with Crippen LogP contribution in [0.2, 0.25) is 0 Å². The van der Waals surface area contributed by atoms with Gasteiger partial charge >= 0.3 is 7.12 Å². The van der Waals surface area contributed by atoms with E-state index in [-0.39, 0.29) is 54.0 Å². The highest BCUT2D eigenvalue weighted by Gasteiger charge is 2.51. The summed E-state index contributed by atoms with van der Waals surface area (Å²) in [6, 6.07) is 33.0. The van der Waals surface area contributed by atoms with Crippen LogP contribution in [0, 0.1) is 22.7 Å². The first kappa shape index (κ1) is 54.2. The van der Waals surface area contributed by atoms with Gasteiger partial charge in [0, 0.05) is 77.8 Å². The van der Waals surface area contributed by atoms with E-state index >= 15 is 0 Å². The number of nitriles is 2. The summed E-state index contributed by atoms with van der Waals surface area (Å²) < 4.78 is 16.2. The third kappa shape index (κ3) is 11.9. The molecule has 4 amide bonds. The van der Waals surface area contributed by atoms with E-state index in [1.807, 2.05) is 84.0 Å². The van der Waals surface area contributed by atoms with E-state index < -0.39 is 0 Å². The number of anilines is 2. The van der Waals surface area contributed by atoms with Gasteiger partial charge in [-0.15, -0.1) is 0 Å². The molecule has 0 spiro atoms. The van der Waals surface area contributed by atoms with Crippen molar-refractivity contribution in [3.05, 3.63) is 172 Å². The fourth-order valence-electron chi connectivity index (χ4n) is 8.56. The van der Waals surface area contributed by atoms with Crippen LogP contribution >= 0.6 is 15.9 Å². The van der Waals surface area contributed by atoms with Crippen LogP contribution in [0.15, 0.2) is 139 Å². The minimum Gasteiger partial charge on any atom is -0.399 e. The summed E-state index contributed by atoms with van der Waals surface area (Å²) in [5, 5.41) is 32.1. The average molecular weight is 1110 g/mol. The summed E-state index contributed by atoms with van der Waals surface area (Å²) in [6.07, 6.45) is 13.7. The second-order valence-corrected chi connectivity index (χ2v) is 20.7. The van der Waals surface area contributed by atoms with Crippen molar-refractivity contribution in [3.63, 3.8) is 0 Å². The summed E-state index contributed by atoms with van der Waals surface area (Å²) in [4.78, 5) is 62.4. The molecule has 0 atom stereocenters. The second kappa shape index (κ2) is 23.0. The van der Waals surface area contributed by atoms with E-state index in [0.29, 0.717) is 58.1 Å². The van der Waals surface area contributed by atoms with Crippen molar-refractivity contribution >= 4 is 74.8 Å². The molecule has 2 N–H and O–H groups in total. The number of fused-ring (bicyclic) bond motifs is 2. The predicted molar refractivity (Wildman–Crippen MR) is 299 cm³/mol. The number of halogens is 1. The van der Waals surface area contributed by atoms with Crippen molar-refractivity contribution in [2.75, 3.05) is 22.9 Å². The molecule has 1 aliphatic heterocycles. The second-order valence-electron chi connectivity index (χ2n) is 19.9. The first-order valence-electron chi connectivity index (χ1n) is 25.6. The highest BCUT2D eigenvalue weighted by atomic mass is 79.9. The molecule has 18 nitrogen and oxygen atoms in total. The van der Waals surface area contributed by atoms with Gasteiger partial charge in [-0.05, 0) is 167 Å². The van der Waals surface area contributed by atoms with Crippen LogP contribution in [-0.4, -0.2) is 96.3 Å². The molecule has 0 bridgehead atoms. The van der Waals surface area contributed by atoms with E-state index in [1.54, 1.807) is 104 Å². The zero-order valence-corrected chi connectivity index (χ0v) is 45.6. The molecule has 8 aromatic rings. The molecule has 7 heterocycles. The van der Waals surface area contributed by atoms with Crippen molar-refractivity contribution in [2.24, 2.45) is 0 Å². The monoisotopic (exact) mass is 1110 g/mol. The molecule has 11 rings (SSSR count). The van der Waals surface area contributed by atoms with E-state index in [9.17, 15) is 19.2 Å². The summed E-state index contributed by atoms with van der Waals surface area (Å²) >= 11 is 3.44. The molecule has 3 aliphatic rings. The molecular formula is C58H56BBrN12O6. The van der Waals surface area contributed by atoms with Gasteiger partial charge in [0.15, 0.2) is 0 Å². The fourth-order valence-corrected chi connectivity index (χ4v) is 8.95. The quantitative estimate of drug-likeness (QED) is 0.110. The Morgan fingerprint density at radius 2 is 1.08 bits per heavy atom. The van der Waals surface area contributed by atoms with Crippen LogP contribution in [0.4, 0.5) is 11.6 Å². The normalized spacial score (nSPS) is 14.9. The number of nitrogens with one attached hydrogen (secondary N) is 2. The van der Waals surface area contributed by atoms with Gasteiger partial charge in [-0.1, -0.05) is 24.3 Å². The first-order chi connectivity index (χ1) is 37.5. The van der Waals surface area contributed by atoms with Crippen molar-refractivity contribution < 1.29 is 28.5 Å². The highest BCUT2D eigenvalue weighted by Crippen LogP contribution is 2.37. The van der Waals surface area contributed by atoms with Crippen LogP contribution in [0.5, 0.6) is 0 Å². The molecule has 1 saturated heterocycles. The molecule has 0 radical (unpaired) electrons. The summed E-state index contributed by atoms with van der Waals surface area (Å²) in [6.45, 7) is 13.1. The van der Waals surface area contributed by atoms with Gasteiger partial charge in [0.25, 0.3) is 23.6 Å². The highest BCUT2D eigenvalue weighted by molar-refractivity contribution is 9.10. The number of hydrogen-bond donors (Lipinski definition) is 2. The van der Waals surface area contributed by atoms with Gasteiger partial charge in [0.05, 0.1) is 50.2 Å². The number of rotatable bonds is 12. The van der Waals surface area contributed by atoms with Crippen LogP contribution in [0.25, 0.3) is 22.2 Å². The first-order valence-corrected chi connectivity index (χ1v) is 26.4. The van der Waals surface area contributed by atoms with E-state index in [2.05, 4.69) is 52.8 Å². The minimum absolute atomic E-state index is 0.0621. The minimum atomic E-state index is -0.386. The van der Waals surface area contributed by atoms with Gasteiger partial charge in [-0.2, -0.15) is 20.7 Å². The number of nitrogens with zero attached hydrogens (tertiary/aromatic N) is 10. The third-order valence-electron chi connectivity index (χ3n) is 13.8. The summed E-state index contributed by atoms with van der Waals surface area (Å²) in [5.41, 5.74) is 6.91. The van der Waals surface area contributed by atoms with Gasteiger partial charge in [0.2, 0.25) is 0 Å². The number of benzene rings is 2. The number of aromatic nitrogens is 6. The Bertz CT molecular complexity index is 3580. The molecule has 78 heavy (non-hydrogen) atoms. The molecule has 6 aromatic heterocycles. The average Bonchev–Trinajstić information content (AvgIpc) is 4.39. The summed E-state index contributed by atoms with van der Waals surface area (Å²) in [7, 11) is -0.386. The molecule has 0 unspecified atom stereocenters. The van der Waals surface area contributed by atoms with Crippen LogP contribution < -0.4 is 25.9 Å². The van der Waals surface area contributed by atoms with Crippen LogP contribution in [0.3, 0.4) is 0 Å². The third-order valence-corrected chi connectivity index (χ3v) is 14.4. The molecular weight excluding hydrogens is 1050 g/mol. The standard InChI is InChI=1S/C26H22N6O2.C17H12BrN5O.C15H22BNO3/c1-2-28-25(33)19-6-4-18(5-7-19)22-16-30-31-12-11-20(13-23(22)31)26(34)32(21-8-9-21)24-10-3-17(14-27)15-29-24;18-14-10-21-22-6-5-12(7-15(14)22)17(24)23(13-2-3-13)16-4-1-11(8-19)9-20-16;1-6-17-13(18)11-7-9-12(10-8-11)16-19-14(2,3)15(4,5)20-16/h3-7,10-13,15-16,21H,2,8-9H2,1H3,(H,28,33);1,4-7,9-10,13H,2-3H2;7-10H,6H2,1-5H3,(H,17,18). The Morgan fingerprint density at radius 3 is 1.51 bits per heavy atom. The number of amides is 4. The van der Waals surface area contributed by atoms with Crippen molar-refractivity contribution in [1.82, 2.24) is 39.8 Å². The zero-order valence-electron chi connectivity index (χ0n) is 44.0. The van der Waals surface area contributed by atoms with Crippen LogP contribution in [0.1, 0.15) is 120 Å². The lowest BCUT2D eigenvalue weighted by atomic mass is 9.79. The van der Waals surface area contributed by atoms with Crippen molar-refractivity contribution in [2.45, 2.75) is 90.5 Å². The maximum Gasteiger partial charge on any atom is 0.494 e. The predicted octanol–water partition coefficient (Wildman–Crippen LogP) is 8.74. The molecule has 3 fully saturated rings. The number of hydrogen-bond acceptors (Lipinski definition) is 12. The summed E-state index contributed by atoms with van der Waals surface area (Å²) in [5.74, 6) is 0.715. The molecule has 2 saturated carbocycles. The maximum atomic E-state index is 13.5. The van der Waals surface area contributed by atoms with Crippen molar-refractivity contribution in [3.8, 4) is 23.3 Å². The Balaban J connectivity index is 0.000000148. The molecule has 394 valence electrons.